The van der Waals surface area contributed by atoms with Crippen molar-refractivity contribution in [3.63, 3.8) is 0 Å². The number of fused-ring (bicyclic) bond motifs is 1. The summed E-state index contributed by atoms with van der Waals surface area (Å²) in [6.45, 7) is 1.90. The molecule has 0 saturated carbocycles. The number of amides is 1. The summed E-state index contributed by atoms with van der Waals surface area (Å²) in [5.41, 5.74) is 2.72. The molecule has 6 nitrogen and oxygen atoms in total. The second kappa shape index (κ2) is 8.76. The fourth-order valence-electron chi connectivity index (χ4n) is 2.88. The Morgan fingerprint density at radius 2 is 1.93 bits per heavy atom. The van der Waals surface area contributed by atoms with Crippen molar-refractivity contribution in [3.8, 4) is 17.0 Å². The molecular formula is C21H17FN4O2S2. The molecule has 9 heteroatoms. The first kappa shape index (κ1) is 20.2. The fourth-order valence-corrected chi connectivity index (χ4v) is 4.60. The van der Waals surface area contributed by atoms with Crippen LogP contribution in [0.2, 0.25) is 0 Å². The highest BCUT2D eigenvalue weighted by Crippen LogP contribution is 2.35. The molecule has 0 aliphatic heterocycles. The summed E-state index contributed by atoms with van der Waals surface area (Å²) in [4.78, 5) is 17.0. The lowest BCUT2D eigenvalue weighted by molar-refractivity contribution is -0.113. The number of thioether (sulfide) groups is 1. The van der Waals surface area contributed by atoms with Crippen LogP contribution in [0.4, 0.5) is 10.1 Å². The van der Waals surface area contributed by atoms with Gasteiger partial charge in [0.25, 0.3) is 0 Å². The van der Waals surface area contributed by atoms with E-state index in [1.807, 2.05) is 19.1 Å². The molecule has 0 radical (unpaired) electrons. The van der Waals surface area contributed by atoms with Gasteiger partial charge in [-0.2, -0.15) is 0 Å². The molecule has 0 saturated heterocycles. The number of aromatic nitrogens is 3. The van der Waals surface area contributed by atoms with Crippen LogP contribution in [0.3, 0.4) is 0 Å². The number of nitrogens with zero attached hydrogens (tertiary/aromatic N) is 3. The number of para-hydroxylation sites is 2. The molecular weight excluding hydrogens is 423 g/mol. The van der Waals surface area contributed by atoms with Crippen LogP contribution in [-0.2, 0) is 4.79 Å². The van der Waals surface area contributed by atoms with E-state index in [0.29, 0.717) is 27.7 Å². The monoisotopic (exact) mass is 440 g/mol. The predicted molar refractivity (Wildman–Crippen MR) is 118 cm³/mol. The van der Waals surface area contributed by atoms with E-state index >= 15 is 0 Å². The summed E-state index contributed by atoms with van der Waals surface area (Å²) in [7, 11) is 1.55. The van der Waals surface area contributed by atoms with Gasteiger partial charge in [0.05, 0.1) is 28.3 Å². The van der Waals surface area contributed by atoms with Gasteiger partial charge in [0.1, 0.15) is 27.8 Å². The minimum atomic E-state index is -0.309. The molecule has 1 amide bonds. The molecule has 0 atom stereocenters. The van der Waals surface area contributed by atoms with E-state index in [4.69, 9.17) is 4.74 Å². The number of carbonyl (C=O) groups excluding carboxylic acids is 1. The van der Waals surface area contributed by atoms with E-state index in [9.17, 15) is 9.18 Å². The molecule has 0 aliphatic rings. The highest BCUT2D eigenvalue weighted by atomic mass is 32.2. The van der Waals surface area contributed by atoms with Gasteiger partial charge in [0.15, 0.2) is 0 Å². The Morgan fingerprint density at radius 1 is 1.17 bits per heavy atom. The van der Waals surface area contributed by atoms with E-state index in [0.717, 1.165) is 15.3 Å². The summed E-state index contributed by atoms with van der Waals surface area (Å²) in [6, 6.07) is 13.3. The standard InChI is InChI=1S/C21H17FN4O2S2/c1-12-23-19-20(30-12)18(13-7-9-14(22)10-8-13)25-26-21(19)29-11-17(27)24-15-5-3-4-6-16(15)28-2/h3-10H,11H2,1-2H3,(H,24,27). The van der Waals surface area contributed by atoms with Crippen LogP contribution in [0, 0.1) is 12.7 Å². The first-order chi connectivity index (χ1) is 14.5. The van der Waals surface area contributed by atoms with E-state index in [2.05, 4.69) is 20.5 Å². The Hall–Kier alpha value is -3.04. The van der Waals surface area contributed by atoms with Crippen LogP contribution in [-0.4, -0.2) is 34.0 Å². The number of benzene rings is 2. The van der Waals surface area contributed by atoms with Crippen molar-refractivity contribution in [2.45, 2.75) is 11.9 Å². The zero-order valence-corrected chi connectivity index (χ0v) is 17.8. The van der Waals surface area contributed by atoms with E-state index in [1.165, 1.54) is 35.2 Å². The van der Waals surface area contributed by atoms with Crippen LogP contribution >= 0.6 is 23.1 Å². The molecule has 0 fully saturated rings. The van der Waals surface area contributed by atoms with E-state index < -0.39 is 0 Å². The van der Waals surface area contributed by atoms with Gasteiger partial charge in [0, 0.05) is 5.56 Å². The first-order valence-electron chi connectivity index (χ1n) is 9.00. The number of carbonyl (C=O) groups is 1. The Morgan fingerprint density at radius 3 is 2.70 bits per heavy atom. The van der Waals surface area contributed by atoms with E-state index in [-0.39, 0.29) is 17.5 Å². The molecule has 0 aliphatic carbocycles. The molecule has 0 unspecified atom stereocenters. The molecule has 0 bridgehead atoms. The van der Waals surface area contributed by atoms with Gasteiger partial charge >= 0.3 is 0 Å². The smallest absolute Gasteiger partial charge is 0.234 e. The van der Waals surface area contributed by atoms with Crippen molar-refractivity contribution >= 4 is 44.9 Å². The number of methoxy groups -OCH3 is 1. The summed E-state index contributed by atoms with van der Waals surface area (Å²) in [5.74, 6) is 0.247. The predicted octanol–water partition coefficient (Wildman–Crippen LogP) is 4.94. The highest BCUT2D eigenvalue weighted by molar-refractivity contribution is 8.00. The van der Waals surface area contributed by atoms with Crippen molar-refractivity contribution in [2.24, 2.45) is 0 Å². The fraction of sp³-hybridized carbons (Fsp3) is 0.143. The number of thiazole rings is 1. The number of halogens is 1. The van der Waals surface area contributed by atoms with Crippen LogP contribution in [0.25, 0.3) is 21.5 Å². The maximum absolute atomic E-state index is 13.3. The largest absolute Gasteiger partial charge is 0.495 e. The Bertz CT molecular complexity index is 1210. The lowest BCUT2D eigenvalue weighted by Crippen LogP contribution is -2.14. The number of aryl methyl sites for hydroxylation is 1. The lowest BCUT2D eigenvalue weighted by Gasteiger charge is -2.09. The Kier molecular flexibility index (Phi) is 5.91. The number of anilines is 1. The summed E-state index contributed by atoms with van der Waals surface area (Å²) in [6.07, 6.45) is 0. The van der Waals surface area contributed by atoms with Gasteiger partial charge in [-0.1, -0.05) is 23.9 Å². The number of ether oxygens (including phenoxy) is 1. The van der Waals surface area contributed by atoms with Gasteiger partial charge in [-0.3, -0.25) is 4.79 Å². The lowest BCUT2D eigenvalue weighted by atomic mass is 10.1. The summed E-state index contributed by atoms with van der Waals surface area (Å²) >= 11 is 2.76. The van der Waals surface area contributed by atoms with Crippen LogP contribution in [0.15, 0.2) is 53.6 Å². The summed E-state index contributed by atoms with van der Waals surface area (Å²) in [5, 5.41) is 12.9. The number of rotatable bonds is 6. The Labute approximate surface area is 180 Å². The number of hydrogen-bond donors (Lipinski definition) is 1. The quantitative estimate of drug-likeness (QED) is 0.428. The maximum Gasteiger partial charge on any atom is 0.234 e. The van der Waals surface area contributed by atoms with E-state index in [1.54, 1.807) is 31.4 Å². The third-order valence-corrected chi connectivity index (χ3v) is 6.16. The third kappa shape index (κ3) is 4.27. The average molecular weight is 441 g/mol. The molecule has 4 aromatic rings. The maximum atomic E-state index is 13.3. The third-order valence-electron chi connectivity index (χ3n) is 4.23. The Balaban J connectivity index is 1.56. The number of hydrogen-bond acceptors (Lipinski definition) is 7. The molecule has 0 spiro atoms. The molecule has 1 N–H and O–H groups in total. The zero-order chi connectivity index (χ0) is 21.1. The van der Waals surface area contributed by atoms with Crippen LogP contribution in [0.5, 0.6) is 5.75 Å². The van der Waals surface area contributed by atoms with Gasteiger partial charge in [-0.05, 0) is 43.3 Å². The molecule has 2 heterocycles. The van der Waals surface area contributed by atoms with Gasteiger partial charge in [0.2, 0.25) is 5.91 Å². The van der Waals surface area contributed by atoms with Crippen molar-refractivity contribution in [2.75, 3.05) is 18.2 Å². The topological polar surface area (TPSA) is 77.0 Å². The molecule has 2 aromatic carbocycles. The van der Waals surface area contributed by atoms with Crippen molar-refractivity contribution < 1.29 is 13.9 Å². The SMILES string of the molecule is COc1ccccc1NC(=O)CSc1nnc(-c2ccc(F)cc2)c2sc(C)nc12. The normalized spacial score (nSPS) is 10.9. The zero-order valence-electron chi connectivity index (χ0n) is 16.2. The minimum absolute atomic E-state index is 0.147. The van der Waals surface area contributed by atoms with Gasteiger partial charge in [-0.15, -0.1) is 21.5 Å². The first-order valence-corrected chi connectivity index (χ1v) is 10.8. The summed E-state index contributed by atoms with van der Waals surface area (Å²) < 4.78 is 19.4. The van der Waals surface area contributed by atoms with Crippen molar-refractivity contribution in [3.05, 3.63) is 59.4 Å². The molecule has 152 valence electrons. The minimum Gasteiger partial charge on any atom is -0.495 e. The van der Waals surface area contributed by atoms with Crippen LogP contribution < -0.4 is 10.1 Å². The van der Waals surface area contributed by atoms with Crippen LogP contribution in [0.1, 0.15) is 5.01 Å². The van der Waals surface area contributed by atoms with Gasteiger partial charge in [-0.25, -0.2) is 9.37 Å². The molecule has 2 aromatic heterocycles. The highest BCUT2D eigenvalue weighted by Gasteiger charge is 2.17. The second-order valence-corrected chi connectivity index (χ2v) is 8.48. The van der Waals surface area contributed by atoms with Crippen molar-refractivity contribution in [1.29, 1.82) is 0 Å². The molecule has 4 rings (SSSR count). The average Bonchev–Trinajstić information content (AvgIpc) is 3.14. The molecule has 30 heavy (non-hydrogen) atoms. The van der Waals surface area contributed by atoms with Crippen molar-refractivity contribution in [1.82, 2.24) is 15.2 Å². The second-order valence-electron chi connectivity index (χ2n) is 6.31. The number of nitrogens with one attached hydrogen (secondary N) is 1. The van der Waals surface area contributed by atoms with Gasteiger partial charge < -0.3 is 10.1 Å².